The first-order chi connectivity index (χ1) is 13.1. The van der Waals surface area contributed by atoms with Gasteiger partial charge in [-0.25, -0.2) is 9.82 Å². The maximum atomic E-state index is 12.8. The Hall–Kier alpha value is -2.28. The molecule has 2 aromatic rings. The summed E-state index contributed by atoms with van der Waals surface area (Å²) in [6.07, 6.45) is 1.51. The quantitative estimate of drug-likeness (QED) is 0.469. The number of quaternary nitrogens is 2. The Morgan fingerprint density at radius 1 is 1.04 bits per heavy atom. The normalized spacial score (nSPS) is 19.9. The van der Waals surface area contributed by atoms with Gasteiger partial charge in [-0.1, -0.05) is 35.9 Å². The highest BCUT2D eigenvalue weighted by atomic mass is 35.5. The Balaban J connectivity index is 1.37. The van der Waals surface area contributed by atoms with Crippen LogP contribution in [0.1, 0.15) is 11.1 Å². The highest BCUT2D eigenvalue weighted by molar-refractivity contribution is 6.30. The summed E-state index contributed by atoms with van der Waals surface area (Å²) in [4.78, 5) is 14.8. The molecule has 1 aliphatic heterocycles. The van der Waals surface area contributed by atoms with Crippen molar-refractivity contribution in [3.63, 3.8) is 0 Å². The van der Waals surface area contributed by atoms with E-state index in [1.165, 1.54) is 33.7 Å². The lowest BCUT2D eigenvalue weighted by molar-refractivity contribution is -1.02. The number of nitrogens with one attached hydrogen (secondary N) is 3. The molecule has 0 spiro atoms. The molecule has 142 valence electrons. The van der Waals surface area contributed by atoms with Crippen LogP contribution in [0.5, 0.6) is 0 Å². The van der Waals surface area contributed by atoms with Gasteiger partial charge in [0, 0.05) is 10.6 Å². The van der Waals surface area contributed by atoms with Gasteiger partial charge in [-0.2, -0.15) is 5.10 Å². The van der Waals surface area contributed by atoms with Crippen LogP contribution in [-0.4, -0.2) is 44.8 Å². The third kappa shape index (κ3) is 6.43. The molecule has 1 amide bonds. The van der Waals surface area contributed by atoms with Gasteiger partial charge in [-0.3, -0.25) is 4.79 Å². The number of piperazine rings is 1. The first-order valence-electron chi connectivity index (χ1n) is 9.07. The third-order valence-electron chi connectivity index (χ3n) is 4.72. The van der Waals surface area contributed by atoms with Crippen LogP contribution in [0.25, 0.3) is 0 Å². The first kappa shape index (κ1) is 19.5. The van der Waals surface area contributed by atoms with Gasteiger partial charge in [0.2, 0.25) is 0 Å². The second-order valence-electron chi connectivity index (χ2n) is 6.82. The molecule has 0 saturated carbocycles. The Kier molecular flexibility index (Phi) is 6.92. The SMILES string of the molecule is O=C(C[NH+]1CC[NH+](Cc2ccc(Cl)cc2)CC1)N/N=C\c1ccc(F)cc1. The lowest BCUT2D eigenvalue weighted by atomic mass is 10.2. The van der Waals surface area contributed by atoms with Crippen LogP contribution in [0.15, 0.2) is 53.6 Å². The second kappa shape index (κ2) is 9.60. The molecule has 5 nitrogen and oxygen atoms in total. The number of benzene rings is 2. The van der Waals surface area contributed by atoms with Crippen molar-refractivity contribution in [2.24, 2.45) is 5.10 Å². The monoisotopic (exact) mass is 390 g/mol. The van der Waals surface area contributed by atoms with Crippen LogP contribution < -0.4 is 15.2 Å². The number of hydrogen-bond acceptors (Lipinski definition) is 2. The van der Waals surface area contributed by atoms with E-state index in [1.54, 1.807) is 12.1 Å². The van der Waals surface area contributed by atoms with E-state index in [-0.39, 0.29) is 11.7 Å². The Labute approximate surface area is 163 Å². The van der Waals surface area contributed by atoms with E-state index in [1.807, 2.05) is 12.1 Å². The number of rotatable bonds is 6. The number of hydrogen-bond donors (Lipinski definition) is 3. The average Bonchev–Trinajstić information content (AvgIpc) is 2.67. The minimum atomic E-state index is -0.294. The molecule has 2 aromatic carbocycles. The number of hydrazone groups is 1. The molecule has 0 bridgehead atoms. The fraction of sp³-hybridized carbons (Fsp3) is 0.300. The molecule has 3 rings (SSSR count). The van der Waals surface area contributed by atoms with E-state index in [2.05, 4.69) is 22.7 Å². The molecule has 0 atom stereocenters. The highest BCUT2D eigenvalue weighted by Crippen LogP contribution is 2.08. The van der Waals surface area contributed by atoms with Crippen molar-refractivity contribution in [1.82, 2.24) is 5.43 Å². The van der Waals surface area contributed by atoms with Crippen LogP contribution in [0.2, 0.25) is 5.02 Å². The largest absolute Gasteiger partial charge is 0.322 e. The fourth-order valence-electron chi connectivity index (χ4n) is 3.20. The minimum Gasteiger partial charge on any atom is -0.322 e. The lowest BCUT2D eigenvalue weighted by Gasteiger charge is -2.29. The van der Waals surface area contributed by atoms with Crippen LogP contribution in [0, 0.1) is 5.82 Å². The number of nitrogens with zero attached hydrogens (tertiary/aromatic N) is 1. The van der Waals surface area contributed by atoms with Gasteiger partial charge < -0.3 is 9.80 Å². The number of amides is 1. The minimum absolute atomic E-state index is 0.107. The van der Waals surface area contributed by atoms with Crippen molar-refractivity contribution < 1.29 is 19.0 Å². The Morgan fingerprint density at radius 2 is 1.67 bits per heavy atom. The van der Waals surface area contributed by atoms with Crippen molar-refractivity contribution in [2.75, 3.05) is 32.7 Å². The van der Waals surface area contributed by atoms with Gasteiger partial charge in [0.05, 0.1) is 6.21 Å². The molecule has 0 radical (unpaired) electrons. The highest BCUT2D eigenvalue weighted by Gasteiger charge is 2.24. The summed E-state index contributed by atoms with van der Waals surface area (Å²) >= 11 is 5.93. The first-order valence-corrected chi connectivity index (χ1v) is 9.45. The van der Waals surface area contributed by atoms with E-state index in [0.717, 1.165) is 43.3 Å². The molecule has 3 N–H and O–H groups in total. The zero-order chi connectivity index (χ0) is 19.1. The van der Waals surface area contributed by atoms with Gasteiger partial charge in [-0.05, 0) is 29.8 Å². The van der Waals surface area contributed by atoms with Gasteiger partial charge in [-0.15, -0.1) is 0 Å². The summed E-state index contributed by atoms with van der Waals surface area (Å²) in [6.45, 7) is 5.37. The summed E-state index contributed by atoms with van der Waals surface area (Å²) in [5, 5.41) is 4.70. The molecule has 1 saturated heterocycles. The summed E-state index contributed by atoms with van der Waals surface area (Å²) in [5.74, 6) is -0.401. The van der Waals surface area contributed by atoms with Crippen LogP contribution >= 0.6 is 11.6 Å². The van der Waals surface area contributed by atoms with Crippen LogP contribution in [0.3, 0.4) is 0 Å². The van der Waals surface area contributed by atoms with Gasteiger partial charge in [0.25, 0.3) is 5.91 Å². The molecular formula is C20H24ClFN4O+2. The van der Waals surface area contributed by atoms with Crippen molar-refractivity contribution in [3.05, 3.63) is 70.5 Å². The molecule has 0 aromatic heterocycles. The maximum Gasteiger partial charge on any atom is 0.295 e. The molecule has 1 aliphatic rings. The fourth-order valence-corrected chi connectivity index (χ4v) is 3.32. The summed E-state index contributed by atoms with van der Waals surface area (Å²) < 4.78 is 12.8. The molecular weight excluding hydrogens is 367 g/mol. The Morgan fingerprint density at radius 3 is 2.33 bits per heavy atom. The van der Waals surface area contributed by atoms with Gasteiger partial charge in [0.1, 0.15) is 38.5 Å². The van der Waals surface area contributed by atoms with Gasteiger partial charge in [0.15, 0.2) is 6.54 Å². The number of carbonyl (C=O) groups excluding carboxylic acids is 1. The maximum absolute atomic E-state index is 12.8. The van der Waals surface area contributed by atoms with Crippen LogP contribution in [-0.2, 0) is 11.3 Å². The number of carbonyl (C=O) groups is 1. The molecule has 27 heavy (non-hydrogen) atoms. The zero-order valence-electron chi connectivity index (χ0n) is 15.1. The van der Waals surface area contributed by atoms with Crippen molar-refractivity contribution in [2.45, 2.75) is 6.54 Å². The van der Waals surface area contributed by atoms with Crippen molar-refractivity contribution in [1.29, 1.82) is 0 Å². The third-order valence-corrected chi connectivity index (χ3v) is 4.97. The summed E-state index contributed by atoms with van der Waals surface area (Å²) in [7, 11) is 0. The summed E-state index contributed by atoms with van der Waals surface area (Å²) in [6, 6.07) is 13.9. The molecule has 7 heteroatoms. The van der Waals surface area contributed by atoms with Crippen molar-refractivity contribution >= 4 is 23.7 Å². The predicted molar refractivity (Wildman–Crippen MR) is 104 cm³/mol. The predicted octanol–water partition coefficient (Wildman–Crippen LogP) is -0.0872. The summed E-state index contributed by atoms with van der Waals surface area (Å²) in [5.41, 5.74) is 4.57. The molecule has 1 heterocycles. The van der Waals surface area contributed by atoms with Crippen molar-refractivity contribution in [3.8, 4) is 0 Å². The van der Waals surface area contributed by atoms with Gasteiger partial charge >= 0.3 is 0 Å². The number of halogens is 2. The van der Waals surface area contributed by atoms with E-state index in [9.17, 15) is 9.18 Å². The molecule has 0 unspecified atom stereocenters. The van der Waals surface area contributed by atoms with E-state index in [4.69, 9.17) is 11.6 Å². The molecule has 0 aliphatic carbocycles. The smallest absolute Gasteiger partial charge is 0.295 e. The topological polar surface area (TPSA) is 50.3 Å². The molecule has 1 fully saturated rings. The Bertz CT molecular complexity index is 772. The lowest BCUT2D eigenvalue weighted by Crippen LogP contribution is -3.28. The average molecular weight is 391 g/mol. The zero-order valence-corrected chi connectivity index (χ0v) is 15.8. The van der Waals surface area contributed by atoms with E-state index >= 15 is 0 Å². The second-order valence-corrected chi connectivity index (χ2v) is 7.26. The van der Waals surface area contributed by atoms with E-state index < -0.39 is 0 Å². The van der Waals surface area contributed by atoms with E-state index in [0.29, 0.717) is 6.54 Å². The van der Waals surface area contributed by atoms with Crippen LogP contribution in [0.4, 0.5) is 4.39 Å². The standard InChI is InChI=1S/C20H22ClFN4O/c21-18-5-1-17(2-6-18)14-25-9-11-26(12-10-25)15-20(27)24-23-13-16-3-7-19(22)8-4-16/h1-8,13H,9-12,14-15H2,(H,24,27)/p+2/b23-13-.